The molecule has 0 radical (unpaired) electrons. The number of benzene rings is 3. The number of esters is 1. The van der Waals surface area contributed by atoms with E-state index in [1.165, 1.54) is 7.11 Å². The Kier molecular flexibility index (Phi) is 8.20. The lowest BCUT2D eigenvalue weighted by Crippen LogP contribution is -2.45. The molecule has 0 saturated carbocycles. The standard InChI is InChI=1S/C28H31NO3/c1-3-4-20-25(27(31)32-2)29-26(30)21-28(22-14-8-5-9-15-22,23-16-10-6-11-17-23)24-18-12-7-13-19-24/h5-19,25H,3-4,20-21H2,1-2H3,(H,29,30)/t25-/m0/s1. The zero-order chi connectivity index (χ0) is 22.8. The van der Waals surface area contributed by atoms with Crippen LogP contribution in [0.3, 0.4) is 0 Å². The Bertz CT molecular complexity index is 890. The highest BCUT2D eigenvalue weighted by atomic mass is 16.5. The lowest BCUT2D eigenvalue weighted by atomic mass is 9.67. The molecular formula is C28H31NO3. The summed E-state index contributed by atoms with van der Waals surface area (Å²) in [6.45, 7) is 2.06. The van der Waals surface area contributed by atoms with Crippen molar-refractivity contribution in [2.75, 3.05) is 7.11 Å². The number of carbonyl (C=O) groups is 2. The molecular weight excluding hydrogens is 398 g/mol. The molecule has 0 spiro atoms. The molecule has 166 valence electrons. The summed E-state index contributed by atoms with van der Waals surface area (Å²) < 4.78 is 4.94. The van der Waals surface area contributed by atoms with Gasteiger partial charge in [-0.3, -0.25) is 4.79 Å². The van der Waals surface area contributed by atoms with Gasteiger partial charge in [0.2, 0.25) is 5.91 Å². The first-order valence-corrected chi connectivity index (χ1v) is 11.2. The molecule has 0 aliphatic heterocycles. The van der Waals surface area contributed by atoms with Crippen molar-refractivity contribution in [2.45, 2.75) is 44.1 Å². The van der Waals surface area contributed by atoms with E-state index in [0.717, 1.165) is 29.5 Å². The van der Waals surface area contributed by atoms with Crippen molar-refractivity contribution in [3.8, 4) is 0 Å². The van der Waals surface area contributed by atoms with E-state index in [1.807, 2.05) is 54.6 Å². The van der Waals surface area contributed by atoms with Crippen LogP contribution in [0.2, 0.25) is 0 Å². The quantitative estimate of drug-likeness (QED) is 0.353. The molecule has 3 rings (SSSR count). The maximum atomic E-state index is 13.5. The fourth-order valence-electron chi connectivity index (χ4n) is 4.26. The van der Waals surface area contributed by atoms with Crippen LogP contribution in [0.5, 0.6) is 0 Å². The molecule has 1 amide bonds. The van der Waals surface area contributed by atoms with Crippen LogP contribution in [0, 0.1) is 0 Å². The number of unbranched alkanes of at least 4 members (excludes halogenated alkanes) is 1. The minimum absolute atomic E-state index is 0.171. The van der Waals surface area contributed by atoms with Crippen LogP contribution in [-0.2, 0) is 19.7 Å². The van der Waals surface area contributed by atoms with E-state index in [2.05, 4.69) is 48.6 Å². The first-order valence-electron chi connectivity index (χ1n) is 11.2. The summed E-state index contributed by atoms with van der Waals surface area (Å²) in [6, 6.07) is 29.6. The van der Waals surface area contributed by atoms with Gasteiger partial charge in [0.25, 0.3) is 0 Å². The van der Waals surface area contributed by atoms with Crippen molar-refractivity contribution in [3.63, 3.8) is 0 Å². The molecule has 1 N–H and O–H groups in total. The zero-order valence-electron chi connectivity index (χ0n) is 18.8. The van der Waals surface area contributed by atoms with Crippen LogP contribution in [0.25, 0.3) is 0 Å². The number of rotatable bonds is 10. The van der Waals surface area contributed by atoms with Crippen LogP contribution in [-0.4, -0.2) is 25.0 Å². The molecule has 4 heteroatoms. The van der Waals surface area contributed by atoms with Gasteiger partial charge in [-0.2, -0.15) is 0 Å². The topological polar surface area (TPSA) is 55.4 Å². The second-order valence-corrected chi connectivity index (χ2v) is 7.97. The van der Waals surface area contributed by atoms with Crippen LogP contribution in [0.1, 0.15) is 49.3 Å². The average Bonchev–Trinajstić information content (AvgIpc) is 2.86. The predicted molar refractivity (Wildman–Crippen MR) is 127 cm³/mol. The number of hydrogen-bond acceptors (Lipinski definition) is 3. The van der Waals surface area contributed by atoms with E-state index in [9.17, 15) is 9.59 Å². The fourth-order valence-corrected chi connectivity index (χ4v) is 4.26. The highest BCUT2D eigenvalue weighted by Gasteiger charge is 2.39. The van der Waals surface area contributed by atoms with Crippen molar-refractivity contribution in [1.82, 2.24) is 5.32 Å². The van der Waals surface area contributed by atoms with Gasteiger partial charge in [0.1, 0.15) is 6.04 Å². The van der Waals surface area contributed by atoms with Gasteiger partial charge in [0.05, 0.1) is 12.5 Å². The number of methoxy groups -OCH3 is 1. The normalized spacial score (nSPS) is 12.1. The van der Waals surface area contributed by atoms with Crippen molar-refractivity contribution in [2.24, 2.45) is 0 Å². The molecule has 32 heavy (non-hydrogen) atoms. The van der Waals surface area contributed by atoms with Crippen LogP contribution in [0.15, 0.2) is 91.0 Å². The van der Waals surface area contributed by atoms with Gasteiger partial charge in [-0.25, -0.2) is 4.79 Å². The number of ether oxygens (including phenoxy) is 1. The molecule has 4 nitrogen and oxygen atoms in total. The van der Waals surface area contributed by atoms with Crippen LogP contribution in [0.4, 0.5) is 0 Å². The summed E-state index contributed by atoms with van der Waals surface area (Å²) >= 11 is 0. The molecule has 0 aliphatic rings. The second-order valence-electron chi connectivity index (χ2n) is 7.97. The van der Waals surface area contributed by atoms with Crippen molar-refractivity contribution in [3.05, 3.63) is 108 Å². The Hall–Kier alpha value is -3.40. The van der Waals surface area contributed by atoms with Crippen molar-refractivity contribution >= 4 is 11.9 Å². The molecule has 0 saturated heterocycles. The van der Waals surface area contributed by atoms with Crippen molar-refractivity contribution < 1.29 is 14.3 Å². The highest BCUT2D eigenvalue weighted by molar-refractivity contribution is 5.86. The summed E-state index contributed by atoms with van der Waals surface area (Å²) in [4.78, 5) is 25.7. The summed E-state index contributed by atoms with van der Waals surface area (Å²) in [6.07, 6.45) is 2.50. The Labute approximate surface area is 190 Å². The average molecular weight is 430 g/mol. The van der Waals surface area contributed by atoms with E-state index in [0.29, 0.717) is 6.42 Å². The van der Waals surface area contributed by atoms with E-state index < -0.39 is 17.4 Å². The lowest BCUT2D eigenvalue weighted by molar-refractivity contribution is -0.145. The van der Waals surface area contributed by atoms with Gasteiger partial charge >= 0.3 is 5.97 Å². The lowest BCUT2D eigenvalue weighted by Gasteiger charge is -2.36. The number of carbonyl (C=O) groups excluding carboxylic acids is 2. The van der Waals surface area contributed by atoms with Crippen LogP contribution >= 0.6 is 0 Å². The molecule has 0 unspecified atom stereocenters. The highest BCUT2D eigenvalue weighted by Crippen LogP contribution is 2.42. The van der Waals surface area contributed by atoms with E-state index in [-0.39, 0.29) is 12.3 Å². The van der Waals surface area contributed by atoms with E-state index in [4.69, 9.17) is 4.74 Å². The second kappa shape index (κ2) is 11.3. The third-order valence-corrected chi connectivity index (χ3v) is 5.89. The maximum Gasteiger partial charge on any atom is 0.328 e. The largest absolute Gasteiger partial charge is 0.467 e. The minimum atomic E-state index is -0.695. The summed E-state index contributed by atoms with van der Waals surface area (Å²) in [5.74, 6) is -0.593. The fraction of sp³-hybridized carbons (Fsp3) is 0.286. The Morgan fingerprint density at radius 1 is 0.812 bits per heavy atom. The molecule has 0 heterocycles. The summed E-state index contributed by atoms with van der Waals surface area (Å²) in [5, 5.41) is 2.95. The number of hydrogen-bond donors (Lipinski definition) is 1. The van der Waals surface area contributed by atoms with Crippen molar-refractivity contribution in [1.29, 1.82) is 0 Å². The van der Waals surface area contributed by atoms with Gasteiger partial charge in [0.15, 0.2) is 0 Å². The first kappa shape index (κ1) is 23.3. The molecule has 0 fully saturated rings. The van der Waals surface area contributed by atoms with E-state index >= 15 is 0 Å². The monoisotopic (exact) mass is 429 g/mol. The third-order valence-electron chi connectivity index (χ3n) is 5.89. The first-order chi connectivity index (χ1) is 15.6. The molecule has 3 aromatic carbocycles. The smallest absolute Gasteiger partial charge is 0.328 e. The molecule has 0 aliphatic carbocycles. The summed E-state index contributed by atoms with van der Waals surface area (Å²) in [5.41, 5.74) is 2.38. The van der Waals surface area contributed by atoms with Gasteiger partial charge in [-0.05, 0) is 23.1 Å². The van der Waals surface area contributed by atoms with Gasteiger partial charge < -0.3 is 10.1 Å². The minimum Gasteiger partial charge on any atom is -0.467 e. The van der Waals surface area contributed by atoms with Gasteiger partial charge in [0, 0.05) is 6.42 Å². The zero-order valence-corrected chi connectivity index (χ0v) is 18.8. The molecule has 3 aromatic rings. The Morgan fingerprint density at radius 3 is 1.62 bits per heavy atom. The Balaban J connectivity index is 2.07. The van der Waals surface area contributed by atoms with Crippen LogP contribution < -0.4 is 5.32 Å². The third kappa shape index (κ3) is 5.25. The molecule has 0 bridgehead atoms. The number of amides is 1. The number of nitrogens with one attached hydrogen (secondary N) is 1. The van der Waals surface area contributed by atoms with Gasteiger partial charge in [-0.15, -0.1) is 0 Å². The van der Waals surface area contributed by atoms with E-state index in [1.54, 1.807) is 0 Å². The maximum absolute atomic E-state index is 13.5. The molecule has 1 atom stereocenters. The predicted octanol–water partition coefficient (Wildman–Crippen LogP) is 5.26. The van der Waals surface area contributed by atoms with Gasteiger partial charge in [-0.1, -0.05) is 111 Å². The Morgan fingerprint density at radius 2 is 1.25 bits per heavy atom. The molecule has 0 aromatic heterocycles. The SMILES string of the molecule is CCCC[C@H](NC(=O)CC(c1ccccc1)(c1ccccc1)c1ccccc1)C(=O)OC. The summed E-state index contributed by atoms with van der Waals surface area (Å²) in [7, 11) is 1.36.